The lowest BCUT2D eigenvalue weighted by Gasteiger charge is -2.42. The maximum absolute atomic E-state index is 12.9. The van der Waals surface area contributed by atoms with Crippen LogP contribution in [0.4, 0.5) is 0 Å². The highest BCUT2D eigenvalue weighted by molar-refractivity contribution is 5.95. The van der Waals surface area contributed by atoms with Crippen LogP contribution in [-0.2, 0) is 4.74 Å². The van der Waals surface area contributed by atoms with E-state index in [9.17, 15) is 9.90 Å². The van der Waals surface area contributed by atoms with E-state index in [0.717, 1.165) is 50.2 Å². The van der Waals surface area contributed by atoms with E-state index in [1.54, 1.807) is 13.3 Å². The number of carbonyl (C=O) groups is 1. The van der Waals surface area contributed by atoms with Crippen LogP contribution in [0.1, 0.15) is 59.9 Å². The molecule has 1 N–H and O–H groups in total. The summed E-state index contributed by atoms with van der Waals surface area (Å²) in [7, 11) is 1.67. The molecule has 3 rings (SSSR count). The second kappa shape index (κ2) is 7.15. The Balaban J connectivity index is 1.74. The number of likely N-dealkylation sites (tertiary alicyclic amines) is 1. The molecule has 1 atom stereocenters. The highest BCUT2D eigenvalue weighted by atomic mass is 16.5. The maximum Gasteiger partial charge on any atom is 0.257 e. The van der Waals surface area contributed by atoms with E-state index in [-0.39, 0.29) is 17.9 Å². The van der Waals surface area contributed by atoms with Gasteiger partial charge in [-0.1, -0.05) is 0 Å². The largest absolute Gasteiger partial charge is 0.396 e. The summed E-state index contributed by atoms with van der Waals surface area (Å²) in [5, 5.41) is 9.88. The Hall–Kier alpha value is -1.53. The molecule has 0 bridgehead atoms. The van der Waals surface area contributed by atoms with Gasteiger partial charge in [0, 0.05) is 44.3 Å². The van der Waals surface area contributed by atoms with Gasteiger partial charge >= 0.3 is 0 Å². The van der Waals surface area contributed by atoms with Gasteiger partial charge in [0.05, 0.1) is 17.9 Å². The van der Waals surface area contributed by atoms with Crippen molar-refractivity contribution in [2.75, 3.05) is 33.4 Å². The van der Waals surface area contributed by atoms with Crippen molar-refractivity contribution in [3.63, 3.8) is 0 Å². The topological polar surface area (TPSA) is 75.6 Å². The minimum absolute atomic E-state index is 0.0233. The van der Waals surface area contributed by atoms with Crippen molar-refractivity contribution in [3.8, 4) is 0 Å². The molecule has 6 heteroatoms. The molecule has 1 saturated heterocycles. The van der Waals surface area contributed by atoms with E-state index in [1.165, 1.54) is 0 Å². The van der Waals surface area contributed by atoms with E-state index >= 15 is 0 Å². The van der Waals surface area contributed by atoms with Gasteiger partial charge in [-0.25, -0.2) is 9.97 Å². The first-order chi connectivity index (χ1) is 11.6. The third-order valence-corrected chi connectivity index (χ3v) is 5.29. The Bertz CT molecular complexity index is 603. The molecule has 1 aliphatic heterocycles. The molecule has 0 radical (unpaired) electrons. The van der Waals surface area contributed by atoms with Crippen LogP contribution < -0.4 is 0 Å². The summed E-state index contributed by atoms with van der Waals surface area (Å²) < 4.78 is 5.18. The SMILES string of the molecule is COCCC1(CO)CCCN(C(=O)c2cnc(C3CC3)nc2C)C1. The van der Waals surface area contributed by atoms with Crippen LogP contribution >= 0.6 is 0 Å². The zero-order chi connectivity index (χ0) is 17.2. The fourth-order valence-electron chi connectivity index (χ4n) is 3.52. The van der Waals surface area contributed by atoms with Crippen LogP contribution in [0.25, 0.3) is 0 Å². The minimum atomic E-state index is -0.257. The van der Waals surface area contributed by atoms with Crippen LogP contribution in [0.2, 0.25) is 0 Å². The number of nitrogens with zero attached hydrogens (tertiary/aromatic N) is 3. The molecule has 24 heavy (non-hydrogen) atoms. The molecule has 1 aliphatic carbocycles. The Morgan fingerprint density at radius 1 is 1.50 bits per heavy atom. The number of aromatic nitrogens is 2. The highest BCUT2D eigenvalue weighted by Gasteiger charge is 2.37. The van der Waals surface area contributed by atoms with Crippen molar-refractivity contribution < 1.29 is 14.6 Å². The van der Waals surface area contributed by atoms with E-state index < -0.39 is 0 Å². The van der Waals surface area contributed by atoms with Gasteiger partial charge in [0.25, 0.3) is 5.91 Å². The normalized spacial score (nSPS) is 24.2. The average Bonchev–Trinajstić information content (AvgIpc) is 3.44. The first kappa shape index (κ1) is 17.3. The number of carbonyl (C=O) groups excluding carboxylic acids is 1. The third kappa shape index (κ3) is 3.59. The highest BCUT2D eigenvalue weighted by Crippen LogP contribution is 2.38. The quantitative estimate of drug-likeness (QED) is 0.861. The standard InChI is InChI=1S/C18H27N3O3/c1-13-15(10-19-16(20-13)14-4-5-14)17(23)21-8-3-6-18(11-21,12-22)7-9-24-2/h10,14,22H,3-9,11-12H2,1-2H3. The van der Waals surface area contributed by atoms with Gasteiger partial charge in [-0.15, -0.1) is 0 Å². The van der Waals surface area contributed by atoms with Gasteiger partial charge in [0.2, 0.25) is 0 Å². The zero-order valence-corrected chi connectivity index (χ0v) is 14.6. The van der Waals surface area contributed by atoms with E-state index in [1.807, 2.05) is 11.8 Å². The minimum Gasteiger partial charge on any atom is -0.396 e. The van der Waals surface area contributed by atoms with Crippen LogP contribution in [0.15, 0.2) is 6.20 Å². The Morgan fingerprint density at radius 3 is 2.92 bits per heavy atom. The van der Waals surface area contributed by atoms with Crippen molar-refractivity contribution in [3.05, 3.63) is 23.3 Å². The predicted octanol–water partition coefficient (Wildman–Crippen LogP) is 1.91. The van der Waals surface area contributed by atoms with Crippen LogP contribution in [0, 0.1) is 12.3 Å². The van der Waals surface area contributed by atoms with Crippen molar-refractivity contribution >= 4 is 5.91 Å². The summed E-state index contributed by atoms with van der Waals surface area (Å²) in [5.74, 6) is 1.33. The molecule has 1 aromatic rings. The fraction of sp³-hybridized carbons (Fsp3) is 0.722. The molecule has 1 aromatic heterocycles. The molecule has 1 amide bonds. The lowest BCUT2D eigenvalue weighted by molar-refractivity contribution is 0.00891. The van der Waals surface area contributed by atoms with E-state index in [2.05, 4.69) is 9.97 Å². The van der Waals surface area contributed by atoms with Crippen LogP contribution in [-0.4, -0.2) is 59.3 Å². The first-order valence-corrected chi connectivity index (χ1v) is 8.81. The molecule has 0 aromatic carbocycles. The second-order valence-corrected chi connectivity index (χ2v) is 7.23. The Morgan fingerprint density at radius 2 is 2.29 bits per heavy atom. The van der Waals surface area contributed by atoms with Crippen molar-refractivity contribution in [1.82, 2.24) is 14.9 Å². The molecule has 132 valence electrons. The average molecular weight is 333 g/mol. The number of piperidine rings is 1. The number of rotatable bonds is 6. The van der Waals surface area contributed by atoms with Crippen molar-refractivity contribution in [2.24, 2.45) is 5.41 Å². The fourth-order valence-corrected chi connectivity index (χ4v) is 3.52. The summed E-state index contributed by atoms with van der Waals surface area (Å²) >= 11 is 0. The van der Waals surface area contributed by atoms with Gasteiger partial charge in [0.15, 0.2) is 0 Å². The summed E-state index contributed by atoms with van der Waals surface area (Å²) in [6, 6.07) is 0. The number of aliphatic hydroxyl groups is 1. The van der Waals surface area contributed by atoms with E-state index in [0.29, 0.717) is 24.6 Å². The number of amides is 1. The molecule has 0 spiro atoms. The molecule has 2 heterocycles. The Labute approximate surface area is 143 Å². The number of hydrogen-bond donors (Lipinski definition) is 1. The smallest absolute Gasteiger partial charge is 0.257 e. The number of aryl methyl sites for hydroxylation is 1. The van der Waals surface area contributed by atoms with Crippen LogP contribution in [0.3, 0.4) is 0 Å². The summed E-state index contributed by atoms with van der Waals surface area (Å²) in [5.41, 5.74) is 1.08. The van der Waals surface area contributed by atoms with Crippen LogP contribution in [0.5, 0.6) is 0 Å². The third-order valence-electron chi connectivity index (χ3n) is 5.29. The van der Waals surface area contributed by atoms with Crippen molar-refractivity contribution in [1.29, 1.82) is 0 Å². The van der Waals surface area contributed by atoms with Crippen molar-refractivity contribution in [2.45, 2.75) is 44.9 Å². The predicted molar refractivity (Wildman–Crippen MR) is 89.9 cm³/mol. The molecular formula is C18H27N3O3. The second-order valence-electron chi connectivity index (χ2n) is 7.23. The molecule has 1 saturated carbocycles. The summed E-state index contributed by atoms with van der Waals surface area (Å²) in [4.78, 5) is 23.7. The monoisotopic (exact) mass is 333 g/mol. The molecule has 2 fully saturated rings. The lowest BCUT2D eigenvalue weighted by atomic mass is 9.78. The van der Waals surface area contributed by atoms with Gasteiger partial charge < -0.3 is 14.7 Å². The van der Waals surface area contributed by atoms with Gasteiger partial charge in [-0.2, -0.15) is 0 Å². The number of ether oxygens (including phenoxy) is 1. The van der Waals surface area contributed by atoms with E-state index in [4.69, 9.17) is 4.74 Å². The van der Waals surface area contributed by atoms with Gasteiger partial charge in [-0.3, -0.25) is 4.79 Å². The number of hydrogen-bond acceptors (Lipinski definition) is 5. The summed E-state index contributed by atoms with van der Waals surface area (Å²) in [6.07, 6.45) is 6.57. The van der Waals surface area contributed by atoms with Gasteiger partial charge in [0.1, 0.15) is 5.82 Å². The number of methoxy groups -OCH3 is 1. The summed E-state index contributed by atoms with van der Waals surface area (Å²) in [6.45, 7) is 3.85. The molecule has 6 nitrogen and oxygen atoms in total. The van der Waals surface area contributed by atoms with Gasteiger partial charge in [-0.05, 0) is 39.0 Å². The molecule has 1 unspecified atom stereocenters. The molecule has 2 aliphatic rings. The zero-order valence-electron chi connectivity index (χ0n) is 14.6. The number of aliphatic hydroxyl groups excluding tert-OH is 1. The first-order valence-electron chi connectivity index (χ1n) is 8.81. The Kier molecular flexibility index (Phi) is 5.15. The molecular weight excluding hydrogens is 306 g/mol. The maximum atomic E-state index is 12.9. The lowest BCUT2D eigenvalue weighted by Crippen LogP contribution is -2.48.